The smallest absolute Gasteiger partial charge is 0.354 e. The van der Waals surface area contributed by atoms with E-state index in [0.29, 0.717) is 18.7 Å². The average molecular weight is 281 g/mol. The highest BCUT2D eigenvalue weighted by molar-refractivity contribution is 5.90. The van der Waals surface area contributed by atoms with Gasteiger partial charge in [0.1, 0.15) is 5.69 Å². The molecule has 0 aliphatic heterocycles. The molecule has 0 aliphatic carbocycles. The van der Waals surface area contributed by atoms with E-state index >= 15 is 0 Å². The van der Waals surface area contributed by atoms with Gasteiger partial charge in [0, 0.05) is 19.2 Å². The highest BCUT2D eigenvalue weighted by Gasteiger charge is 2.16. The van der Waals surface area contributed by atoms with Gasteiger partial charge >= 0.3 is 12.0 Å². The van der Waals surface area contributed by atoms with Crippen molar-refractivity contribution in [1.82, 2.24) is 9.88 Å². The maximum absolute atomic E-state index is 12.1. The number of urea groups is 1. The largest absolute Gasteiger partial charge is 0.477 e. The zero-order chi connectivity index (χ0) is 15.1. The zero-order valence-corrected chi connectivity index (χ0v) is 11.5. The van der Waals surface area contributed by atoms with Crippen molar-refractivity contribution in [1.29, 1.82) is 0 Å². The lowest BCUT2D eigenvalue weighted by molar-refractivity contribution is 0.0690. The number of carboxylic acid groups (broad SMARTS) is 1. The quantitative estimate of drug-likeness (QED) is 0.731. The third kappa shape index (κ3) is 4.51. The van der Waals surface area contributed by atoms with Gasteiger partial charge in [0.2, 0.25) is 0 Å². The van der Waals surface area contributed by atoms with Gasteiger partial charge in [-0.1, -0.05) is 0 Å². The molecule has 0 bridgehead atoms. The van der Waals surface area contributed by atoms with Crippen molar-refractivity contribution in [2.24, 2.45) is 0 Å². The second-order valence-electron chi connectivity index (χ2n) is 4.53. The molecule has 0 atom stereocenters. The Bertz CT molecular complexity index is 459. The van der Waals surface area contributed by atoms with E-state index in [9.17, 15) is 9.59 Å². The third-order valence-corrected chi connectivity index (χ3v) is 2.68. The van der Waals surface area contributed by atoms with Gasteiger partial charge in [-0.3, -0.25) is 0 Å². The molecule has 110 valence electrons. The molecule has 1 heterocycles. The van der Waals surface area contributed by atoms with Gasteiger partial charge in [0.15, 0.2) is 0 Å². The minimum atomic E-state index is -1.12. The molecular weight excluding hydrogens is 262 g/mol. The van der Waals surface area contributed by atoms with Crippen LogP contribution in [0.1, 0.15) is 30.8 Å². The lowest BCUT2D eigenvalue weighted by Gasteiger charge is -2.26. The van der Waals surface area contributed by atoms with Crippen molar-refractivity contribution in [3.63, 3.8) is 0 Å². The molecule has 20 heavy (non-hydrogen) atoms. The Morgan fingerprint density at radius 1 is 1.40 bits per heavy atom. The summed E-state index contributed by atoms with van der Waals surface area (Å²) in [5.41, 5.74) is 0.346. The molecule has 1 aromatic rings. The standard InChI is InChI=1S/C13H19N3O4/c1-9(2)16(6-3-7-17)13(20)15-10-4-5-11(12(18)19)14-8-10/h4-5,8-9,17H,3,6-7H2,1-2H3,(H,15,20)(H,18,19). The second kappa shape index (κ2) is 7.44. The fourth-order valence-corrected chi connectivity index (χ4v) is 1.62. The van der Waals surface area contributed by atoms with Gasteiger partial charge in [-0.2, -0.15) is 0 Å². The molecule has 2 amide bonds. The summed E-state index contributed by atoms with van der Waals surface area (Å²) >= 11 is 0. The fraction of sp³-hybridized carbons (Fsp3) is 0.462. The van der Waals surface area contributed by atoms with Crippen molar-refractivity contribution >= 4 is 17.7 Å². The molecule has 1 rings (SSSR count). The van der Waals surface area contributed by atoms with Gasteiger partial charge < -0.3 is 20.4 Å². The number of aromatic nitrogens is 1. The number of nitrogens with one attached hydrogen (secondary N) is 1. The lowest BCUT2D eigenvalue weighted by Crippen LogP contribution is -2.41. The predicted octanol–water partition coefficient (Wildman–Crippen LogP) is 1.40. The Balaban J connectivity index is 2.69. The Labute approximate surface area is 117 Å². The van der Waals surface area contributed by atoms with Crippen LogP contribution in [0.4, 0.5) is 10.5 Å². The van der Waals surface area contributed by atoms with Crippen LogP contribution >= 0.6 is 0 Å². The molecule has 1 aromatic heterocycles. The van der Waals surface area contributed by atoms with Crippen LogP contribution in [-0.2, 0) is 0 Å². The summed E-state index contributed by atoms with van der Waals surface area (Å²) in [6.45, 7) is 4.22. The normalized spacial score (nSPS) is 10.4. The first kappa shape index (κ1) is 15.9. The number of nitrogens with zero attached hydrogens (tertiary/aromatic N) is 2. The van der Waals surface area contributed by atoms with E-state index in [-0.39, 0.29) is 24.4 Å². The van der Waals surface area contributed by atoms with Crippen LogP contribution in [0.15, 0.2) is 18.3 Å². The third-order valence-electron chi connectivity index (χ3n) is 2.68. The number of aliphatic hydroxyl groups is 1. The SMILES string of the molecule is CC(C)N(CCCO)C(=O)Nc1ccc(C(=O)O)nc1. The number of aromatic carboxylic acids is 1. The number of carboxylic acids is 1. The van der Waals surface area contributed by atoms with Crippen molar-refractivity contribution in [2.75, 3.05) is 18.5 Å². The molecule has 0 saturated carbocycles. The molecule has 0 unspecified atom stereocenters. The minimum Gasteiger partial charge on any atom is -0.477 e. The minimum absolute atomic E-state index is 0.00666. The summed E-state index contributed by atoms with van der Waals surface area (Å²) in [6, 6.07) is 2.50. The van der Waals surface area contributed by atoms with Crippen LogP contribution in [-0.4, -0.2) is 51.3 Å². The van der Waals surface area contributed by atoms with Crippen LogP contribution in [0.3, 0.4) is 0 Å². The first-order valence-corrected chi connectivity index (χ1v) is 6.33. The van der Waals surface area contributed by atoms with E-state index < -0.39 is 5.97 Å². The topological polar surface area (TPSA) is 103 Å². The van der Waals surface area contributed by atoms with E-state index in [1.807, 2.05) is 13.8 Å². The number of anilines is 1. The lowest BCUT2D eigenvalue weighted by atomic mass is 10.3. The van der Waals surface area contributed by atoms with Crippen molar-refractivity contribution in [2.45, 2.75) is 26.3 Å². The van der Waals surface area contributed by atoms with Crippen molar-refractivity contribution < 1.29 is 19.8 Å². The van der Waals surface area contributed by atoms with Crippen LogP contribution < -0.4 is 5.32 Å². The van der Waals surface area contributed by atoms with Gasteiger partial charge in [-0.05, 0) is 32.4 Å². The number of rotatable bonds is 6. The van der Waals surface area contributed by atoms with Gasteiger partial charge in [0.25, 0.3) is 0 Å². The number of aliphatic hydroxyl groups excluding tert-OH is 1. The van der Waals surface area contributed by atoms with Crippen LogP contribution in [0.25, 0.3) is 0 Å². The Hall–Kier alpha value is -2.15. The Kier molecular flexibility index (Phi) is 5.92. The number of amides is 2. The van der Waals surface area contributed by atoms with Crippen LogP contribution in [0, 0.1) is 0 Å². The maximum atomic E-state index is 12.1. The molecule has 0 aromatic carbocycles. The first-order chi connectivity index (χ1) is 9.45. The van der Waals surface area contributed by atoms with E-state index in [0.717, 1.165) is 0 Å². The summed E-state index contributed by atoms with van der Waals surface area (Å²) in [5, 5.41) is 20.2. The molecule has 0 aliphatic rings. The molecule has 7 nitrogen and oxygen atoms in total. The highest BCUT2D eigenvalue weighted by atomic mass is 16.4. The summed E-state index contributed by atoms with van der Waals surface area (Å²) in [7, 11) is 0. The summed E-state index contributed by atoms with van der Waals surface area (Å²) < 4.78 is 0. The molecule has 0 radical (unpaired) electrons. The molecule has 0 saturated heterocycles. The second-order valence-corrected chi connectivity index (χ2v) is 4.53. The van der Waals surface area contributed by atoms with E-state index in [1.54, 1.807) is 4.90 Å². The molecule has 3 N–H and O–H groups in total. The average Bonchev–Trinajstić information content (AvgIpc) is 2.39. The van der Waals surface area contributed by atoms with Crippen LogP contribution in [0.5, 0.6) is 0 Å². The predicted molar refractivity (Wildman–Crippen MR) is 73.8 cm³/mol. The zero-order valence-electron chi connectivity index (χ0n) is 11.5. The van der Waals surface area contributed by atoms with E-state index in [1.165, 1.54) is 18.3 Å². The first-order valence-electron chi connectivity index (χ1n) is 6.33. The number of carbonyl (C=O) groups excluding carboxylic acids is 1. The van der Waals surface area contributed by atoms with Gasteiger partial charge in [-0.25, -0.2) is 14.6 Å². The summed E-state index contributed by atoms with van der Waals surface area (Å²) in [4.78, 5) is 28.0. The van der Waals surface area contributed by atoms with Gasteiger partial charge in [0.05, 0.1) is 11.9 Å². The monoisotopic (exact) mass is 281 g/mol. The molecule has 0 spiro atoms. The summed E-state index contributed by atoms with van der Waals surface area (Å²) in [5.74, 6) is -1.12. The number of pyridine rings is 1. The van der Waals surface area contributed by atoms with E-state index in [4.69, 9.17) is 10.2 Å². The number of hydrogen-bond donors (Lipinski definition) is 3. The van der Waals surface area contributed by atoms with Crippen LogP contribution in [0.2, 0.25) is 0 Å². The van der Waals surface area contributed by atoms with Crippen molar-refractivity contribution in [3.05, 3.63) is 24.0 Å². The summed E-state index contributed by atoms with van der Waals surface area (Å²) in [6.07, 6.45) is 1.80. The number of carbonyl (C=O) groups is 2. The van der Waals surface area contributed by atoms with Crippen molar-refractivity contribution in [3.8, 4) is 0 Å². The van der Waals surface area contributed by atoms with E-state index in [2.05, 4.69) is 10.3 Å². The fourth-order valence-electron chi connectivity index (χ4n) is 1.62. The highest BCUT2D eigenvalue weighted by Crippen LogP contribution is 2.09. The Morgan fingerprint density at radius 3 is 2.55 bits per heavy atom. The maximum Gasteiger partial charge on any atom is 0.354 e. The molecule has 0 fully saturated rings. The number of hydrogen-bond acceptors (Lipinski definition) is 4. The molecule has 7 heteroatoms. The Morgan fingerprint density at radius 2 is 2.10 bits per heavy atom. The molecular formula is C13H19N3O4. The van der Waals surface area contributed by atoms with Gasteiger partial charge in [-0.15, -0.1) is 0 Å².